The summed E-state index contributed by atoms with van der Waals surface area (Å²) in [5, 5.41) is 11.0. The standard InChI is InChI=1S/C15H11N3O/c1-19-13-5-4-11-6-7-17-12(10-16)14(11)15(13)18-8-2-3-9-18/h2-9H,1H3. The molecule has 0 unspecified atom stereocenters. The van der Waals surface area contributed by atoms with Gasteiger partial charge in [0.15, 0.2) is 0 Å². The molecule has 0 saturated heterocycles. The molecule has 0 spiro atoms. The first-order valence-corrected chi connectivity index (χ1v) is 5.84. The summed E-state index contributed by atoms with van der Waals surface area (Å²) in [6, 6.07) is 11.7. The maximum absolute atomic E-state index is 9.26. The van der Waals surface area contributed by atoms with Gasteiger partial charge in [-0.2, -0.15) is 5.26 Å². The van der Waals surface area contributed by atoms with E-state index in [2.05, 4.69) is 11.1 Å². The molecule has 0 radical (unpaired) electrons. The zero-order valence-electron chi connectivity index (χ0n) is 10.4. The van der Waals surface area contributed by atoms with Gasteiger partial charge in [0.2, 0.25) is 0 Å². The van der Waals surface area contributed by atoms with E-state index < -0.39 is 0 Å². The predicted octanol–water partition coefficient (Wildman–Crippen LogP) is 2.91. The minimum Gasteiger partial charge on any atom is -0.495 e. The Labute approximate surface area is 110 Å². The fourth-order valence-electron chi connectivity index (χ4n) is 2.22. The number of benzene rings is 1. The molecule has 0 bridgehead atoms. The number of pyridine rings is 1. The zero-order chi connectivity index (χ0) is 13.2. The van der Waals surface area contributed by atoms with E-state index in [1.54, 1.807) is 13.3 Å². The van der Waals surface area contributed by atoms with Gasteiger partial charge in [-0.15, -0.1) is 0 Å². The molecule has 0 aliphatic heterocycles. The van der Waals surface area contributed by atoms with E-state index >= 15 is 0 Å². The number of rotatable bonds is 2. The summed E-state index contributed by atoms with van der Waals surface area (Å²) in [4.78, 5) is 4.14. The van der Waals surface area contributed by atoms with E-state index in [0.717, 1.165) is 16.5 Å². The van der Waals surface area contributed by atoms with Crippen LogP contribution in [0.3, 0.4) is 0 Å². The molecule has 0 amide bonds. The summed E-state index contributed by atoms with van der Waals surface area (Å²) in [5.74, 6) is 0.716. The Morgan fingerprint density at radius 1 is 1.21 bits per heavy atom. The van der Waals surface area contributed by atoms with Crippen molar-refractivity contribution >= 4 is 10.8 Å². The van der Waals surface area contributed by atoms with Crippen LogP contribution in [0.25, 0.3) is 16.5 Å². The third-order valence-corrected chi connectivity index (χ3v) is 3.06. The third-order valence-electron chi connectivity index (χ3n) is 3.06. The van der Waals surface area contributed by atoms with Crippen LogP contribution in [0.15, 0.2) is 48.9 Å². The minimum atomic E-state index is 0.403. The van der Waals surface area contributed by atoms with Crippen LogP contribution in [0.5, 0.6) is 5.75 Å². The van der Waals surface area contributed by atoms with Gasteiger partial charge in [0.05, 0.1) is 12.8 Å². The lowest BCUT2D eigenvalue weighted by Crippen LogP contribution is -1.99. The number of hydrogen-bond donors (Lipinski definition) is 0. The molecule has 92 valence electrons. The van der Waals surface area contributed by atoms with E-state index in [0.29, 0.717) is 11.4 Å². The van der Waals surface area contributed by atoms with E-state index in [4.69, 9.17) is 4.74 Å². The maximum Gasteiger partial charge on any atom is 0.150 e. The van der Waals surface area contributed by atoms with Gasteiger partial charge in [-0.3, -0.25) is 0 Å². The molecule has 19 heavy (non-hydrogen) atoms. The first-order valence-electron chi connectivity index (χ1n) is 5.84. The summed E-state index contributed by atoms with van der Waals surface area (Å²) in [7, 11) is 1.62. The largest absolute Gasteiger partial charge is 0.495 e. The van der Waals surface area contributed by atoms with E-state index in [1.165, 1.54) is 0 Å². The summed E-state index contributed by atoms with van der Waals surface area (Å²) in [6.45, 7) is 0. The number of nitrogens with zero attached hydrogens (tertiary/aromatic N) is 3. The molecule has 0 aliphatic rings. The zero-order valence-corrected chi connectivity index (χ0v) is 10.4. The topological polar surface area (TPSA) is 50.8 Å². The lowest BCUT2D eigenvalue weighted by atomic mass is 10.1. The predicted molar refractivity (Wildman–Crippen MR) is 72.3 cm³/mol. The Bertz CT molecular complexity index is 770. The number of methoxy groups -OCH3 is 1. The lowest BCUT2D eigenvalue weighted by molar-refractivity contribution is 0.413. The maximum atomic E-state index is 9.26. The van der Waals surface area contributed by atoms with Gasteiger partial charge >= 0.3 is 0 Å². The molecule has 3 rings (SSSR count). The third kappa shape index (κ3) is 1.72. The molecule has 0 N–H and O–H groups in total. The molecule has 2 aromatic heterocycles. The van der Waals surface area contributed by atoms with Gasteiger partial charge in [-0.05, 0) is 29.7 Å². The van der Waals surface area contributed by atoms with Crippen LogP contribution in [0, 0.1) is 11.3 Å². The average Bonchev–Trinajstić information content (AvgIpc) is 2.99. The van der Waals surface area contributed by atoms with Gasteiger partial charge in [0.25, 0.3) is 0 Å². The Kier molecular flexibility index (Phi) is 2.66. The number of fused-ring (bicyclic) bond motifs is 1. The fourth-order valence-corrected chi connectivity index (χ4v) is 2.22. The Morgan fingerprint density at radius 3 is 2.68 bits per heavy atom. The number of ether oxygens (including phenoxy) is 1. The molecule has 3 aromatic rings. The van der Waals surface area contributed by atoms with Gasteiger partial charge < -0.3 is 9.30 Å². The first kappa shape index (κ1) is 11.3. The highest BCUT2D eigenvalue weighted by atomic mass is 16.5. The lowest BCUT2D eigenvalue weighted by Gasteiger charge is -2.13. The van der Waals surface area contributed by atoms with Gasteiger partial charge in [0.1, 0.15) is 17.5 Å². The Morgan fingerprint density at radius 2 is 2.00 bits per heavy atom. The SMILES string of the molecule is COc1ccc2ccnc(C#N)c2c1-n1cccc1. The molecule has 0 saturated carbocycles. The van der Waals surface area contributed by atoms with Crippen molar-refractivity contribution in [3.8, 4) is 17.5 Å². The van der Waals surface area contributed by atoms with E-state index in [-0.39, 0.29) is 0 Å². The molecule has 1 aromatic carbocycles. The van der Waals surface area contributed by atoms with Crippen molar-refractivity contribution in [3.05, 3.63) is 54.6 Å². The molecule has 4 nitrogen and oxygen atoms in total. The molecule has 2 heterocycles. The Balaban J connectivity index is 2.48. The van der Waals surface area contributed by atoms with E-state index in [9.17, 15) is 5.26 Å². The summed E-state index contributed by atoms with van der Waals surface area (Å²) < 4.78 is 7.35. The van der Waals surface area contributed by atoms with Crippen molar-refractivity contribution in [1.82, 2.24) is 9.55 Å². The van der Waals surface area contributed by atoms with E-state index in [1.807, 2.05) is 47.3 Å². The van der Waals surface area contributed by atoms with Crippen LogP contribution >= 0.6 is 0 Å². The first-order chi connectivity index (χ1) is 9.35. The van der Waals surface area contributed by atoms with Crippen molar-refractivity contribution in [3.63, 3.8) is 0 Å². The van der Waals surface area contributed by atoms with Crippen LogP contribution in [-0.2, 0) is 0 Å². The van der Waals surface area contributed by atoms with Crippen LogP contribution < -0.4 is 4.74 Å². The second-order valence-electron chi connectivity index (χ2n) is 4.08. The van der Waals surface area contributed by atoms with Crippen molar-refractivity contribution in [2.75, 3.05) is 7.11 Å². The summed E-state index contributed by atoms with van der Waals surface area (Å²) >= 11 is 0. The molecular formula is C15H11N3O. The Hall–Kier alpha value is -2.80. The fraction of sp³-hybridized carbons (Fsp3) is 0.0667. The molecular weight excluding hydrogens is 238 g/mol. The normalized spacial score (nSPS) is 10.3. The highest BCUT2D eigenvalue weighted by Gasteiger charge is 2.13. The minimum absolute atomic E-state index is 0.403. The number of aromatic nitrogens is 2. The van der Waals surface area contributed by atoms with Crippen molar-refractivity contribution < 1.29 is 4.74 Å². The smallest absolute Gasteiger partial charge is 0.150 e. The van der Waals surface area contributed by atoms with Crippen molar-refractivity contribution in [2.24, 2.45) is 0 Å². The summed E-state index contributed by atoms with van der Waals surface area (Å²) in [5.41, 5.74) is 1.25. The number of hydrogen-bond acceptors (Lipinski definition) is 3. The van der Waals surface area contributed by atoms with Crippen LogP contribution in [-0.4, -0.2) is 16.7 Å². The second kappa shape index (κ2) is 4.46. The summed E-state index contributed by atoms with van der Waals surface area (Å²) in [6.07, 6.45) is 5.49. The number of nitriles is 1. The second-order valence-corrected chi connectivity index (χ2v) is 4.08. The van der Waals surface area contributed by atoms with Crippen molar-refractivity contribution in [1.29, 1.82) is 5.26 Å². The monoisotopic (exact) mass is 249 g/mol. The van der Waals surface area contributed by atoms with Gasteiger partial charge in [-0.25, -0.2) is 4.98 Å². The molecule has 0 atom stereocenters. The van der Waals surface area contributed by atoms with Gasteiger partial charge in [0, 0.05) is 24.0 Å². The van der Waals surface area contributed by atoms with Gasteiger partial charge in [-0.1, -0.05) is 6.07 Å². The molecule has 4 heteroatoms. The highest BCUT2D eigenvalue weighted by Crippen LogP contribution is 2.32. The average molecular weight is 249 g/mol. The van der Waals surface area contributed by atoms with Crippen LogP contribution in [0.1, 0.15) is 5.69 Å². The highest BCUT2D eigenvalue weighted by molar-refractivity contribution is 5.96. The molecule has 0 aliphatic carbocycles. The molecule has 0 fully saturated rings. The van der Waals surface area contributed by atoms with Crippen LogP contribution in [0.4, 0.5) is 0 Å². The van der Waals surface area contributed by atoms with Crippen LogP contribution in [0.2, 0.25) is 0 Å². The quantitative estimate of drug-likeness (QED) is 0.701. The van der Waals surface area contributed by atoms with Crippen molar-refractivity contribution in [2.45, 2.75) is 0 Å².